The predicted molar refractivity (Wildman–Crippen MR) is 35.5 cm³/mol. The van der Waals surface area contributed by atoms with E-state index in [1.165, 1.54) is 0 Å². The molecule has 2 nitrogen and oxygen atoms in total. The summed E-state index contributed by atoms with van der Waals surface area (Å²) in [6.07, 6.45) is 0. The van der Waals surface area contributed by atoms with Crippen LogP contribution in [0.5, 0.6) is 0 Å². The smallest absolute Gasteiger partial charge is 0.192 e. The van der Waals surface area contributed by atoms with Crippen molar-refractivity contribution in [3.05, 3.63) is 0 Å². The monoisotopic (exact) mass is 136 g/mol. The molecule has 0 spiro atoms. The van der Waals surface area contributed by atoms with Gasteiger partial charge in [-0.3, -0.25) is 4.57 Å². The Kier molecular flexibility index (Phi) is 3.34. The summed E-state index contributed by atoms with van der Waals surface area (Å²) in [5.74, 6) is 0.325. The molecule has 0 heterocycles. The van der Waals surface area contributed by atoms with Crippen LogP contribution >= 0.6 is 8.03 Å². The van der Waals surface area contributed by atoms with Crippen LogP contribution in [0.15, 0.2) is 0 Å². The van der Waals surface area contributed by atoms with Crippen LogP contribution in [0.4, 0.5) is 0 Å². The normalized spacial score (nSPS) is 18.6. The van der Waals surface area contributed by atoms with E-state index in [2.05, 4.69) is 0 Å². The summed E-state index contributed by atoms with van der Waals surface area (Å²) < 4.78 is 10.3. The standard InChI is InChI=1S/C5H13O2P/c1-4(2)5(3)8(6)7/h4-5,8H,1-3H3,(H,6,7). The Hall–Kier alpha value is 0.190. The van der Waals surface area contributed by atoms with Gasteiger partial charge >= 0.3 is 0 Å². The lowest BCUT2D eigenvalue weighted by Crippen LogP contribution is -2.04. The van der Waals surface area contributed by atoms with E-state index in [1.54, 1.807) is 6.92 Å². The Balaban J connectivity index is 3.64. The van der Waals surface area contributed by atoms with E-state index in [1.807, 2.05) is 13.8 Å². The van der Waals surface area contributed by atoms with E-state index < -0.39 is 8.03 Å². The number of hydrogen-bond donors (Lipinski definition) is 1. The Morgan fingerprint density at radius 1 is 1.38 bits per heavy atom. The Bertz CT molecular complexity index is 90.4. The fourth-order valence-electron chi connectivity index (χ4n) is 0.285. The van der Waals surface area contributed by atoms with Gasteiger partial charge in [0.2, 0.25) is 0 Å². The van der Waals surface area contributed by atoms with Crippen LogP contribution in [0.2, 0.25) is 0 Å². The summed E-state index contributed by atoms with van der Waals surface area (Å²) in [6.45, 7) is 5.69. The number of rotatable bonds is 2. The van der Waals surface area contributed by atoms with Gasteiger partial charge in [-0.2, -0.15) is 0 Å². The molecule has 0 aromatic rings. The van der Waals surface area contributed by atoms with Gasteiger partial charge in [0.25, 0.3) is 0 Å². The molecule has 0 saturated heterocycles. The topological polar surface area (TPSA) is 37.3 Å². The average molecular weight is 136 g/mol. The zero-order valence-electron chi connectivity index (χ0n) is 5.51. The first-order valence-corrected chi connectivity index (χ1v) is 4.21. The second kappa shape index (κ2) is 3.26. The van der Waals surface area contributed by atoms with Crippen molar-refractivity contribution in [1.29, 1.82) is 0 Å². The van der Waals surface area contributed by atoms with Crippen molar-refractivity contribution in [2.45, 2.75) is 26.4 Å². The average Bonchev–Trinajstić information content (AvgIpc) is 1.64. The minimum atomic E-state index is -2.26. The van der Waals surface area contributed by atoms with E-state index >= 15 is 0 Å². The molecular formula is C5H13O2P. The first kappa shape index (κ1) is 8.19. The Morgan fingerprint density at radius 2 is 1.75 bits per heavy atom. The molecule has 0 saturated carbocycles. The van der Waals surface area contributed by atoms with Gasteiger partial charge in [0.1, 0.15) is 0 Å². The third-order valence-electron chi connectivity index (χ3n) is 1.39. The highest BCUT2D eigenvalue weighted by Crippen LogP contribution is 2.27. The summed E-state index contributed by atoms with van der Waals surface area (Å²) in [5, 5.41) is 0. The van der Waals surface area contributed by atoms with Crippen molar-refractivity contribution in [2.75, 3.05) is 0 Å². The second-order valence-electron chi connectivity index (χ2n) is 2.37. The fourth-order valence-corrected chi connectivity index (χ4v) is 0.855. The highest BCUT2D eigenvalue weighted by atomic mass is 31.1. The molecule has 2 unspecified atom stereocenters. The minimum absolute atomic E-state index is 0.0278. The van der Waals surface area contributed by atoms with E-state index in [9.17, 15) is 4.57 Å². The molecule has 0 bridgehead atoms. The first-order chi connectivity index (χ1) is 3.55. The zero-order valence-corrected chi connectivity index (χ0v) is 6.51. The maximum atomic E-state index is 10.3. The molecule has 0 aliphatic carbocycles. The van der Waals surface area contributed by atoms with Gasteiger partial charge in [-0.25, -0.2) is 0 Å². The van der Waals surface area contributed by atoms with Gasteiger partial charge in [0.15, 0.2) is 8.03 Å². The predicted octanol–water partition coefficient (Wildman–Crippen LogP) is 1.50. The summed E-state index contributed by atoms with van der Waals surface area (Å²) in [5.41, 5.74) is -0.0278. The van der Waals surface area contributed by atoms with E-state index in [-0.39, 0.29) is 5.66 Å². The Morgan fingerprint density at radius 3 is 1.75 bits per heavy atom. The molecule has 0 amide bonds. The molecule has 2 atom stereocenters. The maximum Gasteiger partial charge on any atom is 0.192 e. The van der Waals surface area contributed by atoms with Crippen LogP contribution in [0.25, 0.3) is 0 Å². The summed E-state index contributed by atoms with van der Waals surface area (Å²) in [7, 11) is -2.26. The third kappa shape index (κ3) is 2.49. The van der Waals surface area contributed by atoms with Gasteiger partial charge in [0.05, 0.1) is 0 Å². The molecule has 0 aromatic heterocycles. The second-order valence-corrected chi connectivity index (χ2v) is 3.96. The largest absolute Gasteiger partial charge is 0.346 e. The lowest BCUT2D eigenvalue weighted by Gasteiger charge is -2.09. The zero-order chi connectivity index (χ0) is 6.73. The Labute approximate surface area is 50.8 Å². The van der Waals surface area contributed by atoms with Crippen LogP contribution in [-0.2, 0) is 4.57 Å². The third-order valence-corrected chi connectivity index (χ3v) is 2.84. The highest BCUT2D eigenvalue weighted by Gasteiger charge is 2.10. The van der Waals surface area contributed by atoms with E-state index in [0.717, 1.165) is 0 Å². The van der Waals surface area contributed by atoms with Crippen molar-refractivity contribution in [1.82, 2.24) is 0 Å². The summed E-state index contributed by atoms with van der Waals surface area (Å²) in [4.78, 5) is 8.54. The SMILES string of the molecule is CC(C)C(C)[PH](=O)O. The highest BCUT2D eigenvalue weighted by molar-refractivity contribution is 7.38. The molecule has 0 aromatic carbocycles. The molecule has 3 heteroatoms. The van der Waals surface area contributed by atoms with E-state index in [4.69, 9.17) is 4.89 Å². The number of hydrogen-bond acceptors (Lipinski definition) is 1. The maximum absolute atomic E-state index is 10.3. The van der Waals surface area contributed by atoms with Gasteiger partial charge in [-0.05, 0) is 5.92 Å². The van der Waals surface area contributed by atoms with Crippen LogP contribution in [0.1, 0.15) is 20.8 Å². The van der Waals surface area contributed by atoms with Gasteiger partial charge < -0.3 is 4.89 Å². The van der Waals surface area contributed by atoms with Crippen LogP contribution in [-0.4, -0.2) is 10.6 Å². The van der Waals surface area contributed by atoms with Gasteiger partial charge in [-0.15, -0.1) is 0 Å². The molecule has 0 aliphatic rings. The minimum Gasteiger partial charge on any atom is -0.346 e. The van der Waals surface area contributed by atoms with Gasteiger partial charge in [-0.1, -0.05) is 20.8 Å². The fraction of sp³-hybridized carbons (Fsp3) is 1.00. The molecular weight excluding hydrogens is 123 g/mol. The van der Waals surface area contributed by atoms with Crippen LogP contribution < -0.4 is 0 Å². The molecule has 1 N–H and O–H groups in total. The molecule has 8 heavy (non-hydrogen) atoms. The van der Waals surface area contributed by atoms with Crippen molar-refractivity contribution in [3.8, 4) is 0 Å². The quantitative estimate of drug-likeness (QED) is 0.584. The molecule has 0 radical (unpaired) electrons. The van der Waals surface area contributed by atoms with E-state index in [0.29, 0.717) is 5.92 Å². The molecule has 0 aliphatic heterocycles. The summed E-state index contributed by atoms with van der Waals surface area (Å²) >= 11 is 0. The van der Waals surface area contributed by atoms with Crippen LogP contribution in [0, 0.1) is 5.92 Å². The van der Waals surface area contributed by atoms with Gasteiger partial charge in [0, 0.05) is 5.66 Å². The first-order valence-electron chi connectivity index (χ1n) is 2.78. The molecule has 50 valence electrons. The molecule has 0 rings (SSSR count). The van der Waals surface area contributed by atoms with Crippen molar-refractivity contribution in [3.63, 3.8) is 0 Å². The lowest BCUT2D eigenvalue weighted by molar-refractivity contribution is 0.470. The van der Waals surface area contributed by atoms with Crippen molar-refractivity contribution < 1.29 is 9.46 Å². The molecule has 0 fully saturated rings. The van der Waals surface area contributed by atoms with Crippen molar-refractivity contribution in [2.24, 2.45) is 5.92 Å². The lowest BCUT2D eigenvalue weighted by atomic mass is 10.2. The van der Waals surface area contributed by atoms with Crippen LogP contribution in [0.3, 0.4) is 0 Å². The van der Waals surface area contributed by atoms with Crippen molar-refractivity contribution >= 4 is 8.03 Å². The summed E-state index contributed by atoms with van der Waals surface area (Å²) in [6, 6.07) is 0.